The van der Waals surface area contributed by atoms with Crippen molar-refractivity contribution in [1.82, 2.24) is 9.80 Å². The van der Waals surface area contributed by atoms with Crippen molar-refractivity contribution in [2.45, 2.75) is 25.4 Å². The summed E-state index contributed by atoms with van der Waals surface area (Å²) in [4.78, 5) is 3.71. The average molecular weight is 396 g/mol. The summed E-state index contributed by atoms with van der Waals surface area (Å²) in [5.41, 5.74) is 0.627. The van der Waals surface area contributed by atoms with Crippen LogP contribution in [-0.4, -0.2) is 55.3 Å². The number of likely N-dealkylation sites (N-methyl/N-ethyl adjacent to an activating group) is 1. The van der Waals surface area contributed by atoms with Gasteiger partial charge in [-0.05, 0) is 50.5 Å². The van der Waals surface area contributed by atoms with Crippen LogP contribution in [0.3, 0.4) is 0 Å². The summed E-state index contributed by atoms with van der Waals surface area (Å²) in [7, 11) is 5.54. The van der Waals surface area contributed by atoms with E-state index in [1.54, 1.807) is 25.2 Å². The van der Waals surface area contributed by atoms with Gasteiger partial charge in [-0.25, -0.2) is 0 Å². The maximum Gasteiger partial charge on any atom is 0.416 e. The monoisotopic (exact) mass is 396 g/mol. The third kappa shape index (κ3) is 7.14. The highest BCUT2D eigenvalue weighted by Crippen LogP contribution is 2.32. The smallest absolute Gasteiger partial charge is 0.416 e. The van der Waals surface area contributed by atoms with Gasteiger partial charge in [0.05, 0.1) is 5.56 Å². The van der Waals surface area contributed by atoms with Gasteiger partial charge in [0.2, 0.25) is 0 Å². The standard InChI is InChI=1S/C21H27F3N2O2/c1-25(2)14-18(27)15-28-19-10-8-16(9-11-19)12-26(3)13-17-6-4-5-7-20(17)21(22,23)24/h4-11,18,27H,12-15H2,1-3H3/t18-/m0/s1. The Bertz CT molecular complexity index is 733. The largest absolute Gasteiger partial charge is 0.491 e. The van der Waals surface area contributed by atoms with Crippen molar-refractivity contribution in [2.24, 2.45) is 0 Å². The summed E-state index contributed by atoms with van der Waals surface area (Å²) in [6.07, 6.45) is -4.93. The fourth-order valence-electron chi connectivity index (χ4n) is 2.95. The Morgan fingerprint density at radius 3 is 2.21 bits per heavy atom. The van der Waals surface area contributed by atoms with Crippen molar-refractivity contribution < 1.29 is 23.0 Å². The molecule has 28 heavy (non-hydrogen) atoms. The number of rotatable bonds is 9. The molecule has 7 heteroatoms. The van der Waals surface area contributed by atoms with Gasteiger partial charge in [0.25, 0.3) is 0 Å². The predicted molar refractivity (Wildman–Crippen MR) is 103 cm³/mol. The summed E-state index contributed by atoms with van der Waals surface area (Å²) >= 11 is 0. The van der Waals surface area contributed by atoms with E-state index in [0.717, 1.165) is 11.6 Å². The molecule has 2 aromatic carbocycles. The van der Waals surface area contributed by atoms with E-state index in [-0.39, 0.29) is 18.7 Å². The summed E-state index contributed by atoms with van der Waals surface area (Å²) in [5.74, 6) is 0.645. The number of aliphatic hydroxyl groups excluding tert-OH is 1. The minimum atomic E-state index is -4.35. The fourth-order valence-corrected chi connectivity index (χ4v) is 2.95. The van der Waals surface area contributed by atoms with Crippen molar-refractivity contribution in [2.75, 3.05) is 34.3 Å². The molecule has 0 aliphatic carbocycles. The van der Waals surface area contributed by atoms with Crippen molar-refractivity contribution in [3.8, 4) is 5.75 Å². The maximum absolute atomic E-state index is 13.1. The van der Waals surface area contributed by atoms with Crippen molar-refractivity contribution in [3.05, 3.63) is 65.2 Å². The van der Waals surface area contributed by atoms with Gasteiger partial charge in [0.15, 0.2) is 0 Å². The topological polar surface area (TPSA) is 35.9 Å². The van der Waals surface area contributed by atoms with E-state index in [2.05, 4.69) is 0 Å². The third-order valence-corrected chi connectivity index (χ3v) is 4.16. The van der Waals surface area contributed by atoms with Gasteiger partial charge in [-0.3, -0.25) is 4.90 Å². The van der Waals surface area contributed by atoms with Crippen LogP contribution in [-0.2, 0) is 19.3 Å². The number of halogens is 3. The summed E-state index contributed by atoms with van der Waals surface area (Å²) < 4.78 is 44.9. The molecular formula is C21H27F3N2O2. The van der Waals surface area contributed by atoms with Crippen molar-refractivity contribution in [3.63, 3.8) is 0 Å². The second kappa shape index (κ2) is 9.91. The van der Waals surface area contributed by atoms with Gasteiger partial charge in [-0.1, -0.05) is 30.3 Å². The van der Waals surface area contributed by atoms with Crippen LogP contribution < -0.4 is 4.74 Å². The molecule has 0 fully saturated rings. The minimum Gasteiger partial charge on any atom is -0.491 e. The Kier molecular flexibility index (Phi) is 7.86. The summed E-state index contributed by atoms with van der Waals surface area (Å²) in [5, 5.41) is 9.82. The van der Waals surface area contributed by atoms with Crippen molar-refractivity contribution in [1.29, 1.82) is 0 Å². The van der Waals surface area contributed by atoms with E-state index in [1.165, 1.54) is 12.1 Å². The van der Waals surface area contributed by atoms with Crippen LogP contribution >= 0.6 is 0 Å². The molecular weight excluding hydrogens is 369 g/mol. The van der Waals surface area contributed by atoms with Crippen LogP contribution in [0, 0.1) is 0 Å². The molecule has 0 saturated carbocycles. The van der Waals surface area contributed by atoms with E-state index in [9.17, 15) is 18.3 Å². The highest BCUT2D eigenvalue weighted by Gasteiger charge is 2.32. The van der Waals surface area contributed by atoms with E-state index in [0.29, 0.717) is 18.8 Å². The van der Waals surface area contributed by atoms with Gasteiger partial charge >= 0.3 is 6.18 Å². The molecule has 0 aromatic heterocycles. The van der Waals surface area contributed by atoms with E-state index >= 15 is 0 Å². The van der Waals surface area contributed by atoms with Crippen LogP contribution in [0.5, 0.6) is 5.75 Å². The second-order valence-electron chi connectivity index (χ2n) is 7.20. The normalized spacial score (nSPS) is 13.2. The molecule has 0 radical (unpaired) electrons. The molecule has 0 aliphatic rings. The van der Waals surface area contributed by atoms with Gasteiger partial charge in [-0.2, -0.15) is 13.2 Å². The molecule has 0 unspecified atom stereocenters. The number of benzene rings is 2. The van der Waals surface area contributed by atoms with Gasteiger partial charge in [-0.15, -0.1) is 0 Å². The molecule has 154 valence electrons. The highest BCUT2D eigenvalue weighted by atomic mass is 19.4. The SMILES string of the molecule is CN(C)C[C@H](O)COc1ccc(CN(C)Cc2ccccc2C(F)(F)F)cc1. The lowest BCUT2D eigenvalue weighted by Gasteiger charge is -2.20. The molecule has 0 spiro atoms. The zero-order chi connectivity index (χ0) is 20.7. The number of aliphatic hydroxyl groups is 1. The van der Waals surface area contributed by atoms with Gasteiger partial charge in [0.1, 0.15) is 18.5 Å². The van der Waals surface area contributed by atoms with Crippen LogP contribution in [0.15, 0.2) is 48.5 Å². The Hall–Kier alpha value is -2.09. The fraction of sp³-hybridized carbons (Fsp3) is 0.429. The number of hydrogen-bond acceptors (Lipinski definition) is 4. The molecule has 1 N–H and O–H groups in total. The average Bonchev–Trinajstić information content (AvgIpc) is 2.60. The minimum absolute atomic E-state index is 0.199. The van der Waals surface area contributed by atoms with Gasteiger partial charge in [0, 0.05) is 19.6 Å². The third-order valence-electron chi connectivity index (χ3n) is 4.16. The number of nitrogens with zero attached hydrogens (tertiary/aromatic N) is 2. The quantitative estimate of drug-likeness (QED) is 0.702. The first-order chi connectivity index (χ1) is 13.1. The molecule has 2 aromatic rings. The molecule has 0 heterocycles. The lowest BCUT2D eigenvalue weighted by Crippen LogP contribution is -2.30. The summed E-state index contributed by atoms with van der Waals surface area (Å²) in [6.45, 7) is 1.42. The Morgan fingerprint density at radius 1 is 0.964 bits per heavy atom. The zero-order valence-electron chi connectivity index (χ0n) is 16.4. The molecule has 0 bridgehead atoms. The van der Waals surface area contributed by atoms with E-state index in [1.807, 2.05) is 36.0 Å². The Labute approximate surface area is 164 Å². The lowest BCUT2D eigenvalue weighted by atomic mass is 10.1. The lowest BCUT2D eigenvalue weighted by molar-refractivity contribution is -0.138. The maximum atomic E-state index is 13.1. The molecule has 0 amide bonds. The van der Waals surface area contributed by atoms with Crippen LogP contribution in [0.25, 0.3) is 0 Å². The molecule has 1 atom stereocenters. The molecule has 4 nitrogen and oxygen atoms in total. The first kappa shape index (κ1) is 22.2. The second-order valence-corrected chi connectivity index (χ2v) is 7.20. The van der Waals surface area contributed by atoms with E-state index < -0.39 is 17.8 Å². The van der Waals surface area contributed by atoms with Crippen molar-refractivity contribution >= 4 is 0 Å². The molecule has 2 rings (SSSR count). The van der Waals surface area contributed by atoms with Crippen LogP contribution in [0.1, 0.15) is 16.7 Å². The number of alkyl halides is 3. The van der Waals surface area contributed by atoms with Crippen LogP contribution in [0.4, 0.5) is 13.2 Å². The summed E-state index contributed by atoms with van der Waals surface area (Å²) in [6, 6.07) is 13.0. The molecule has 0 saturated heterocycles. The highest BCUT2D eigenvalue weighted by molar-refractivity contribution is 5.30. The Morgan fingerprint density at radius 2 is 1.61 bits per heavy atom. The zero-order valence-corrected chi connectivity index (χ0v) is 16.4. The number of ether oxygens (including phenoxy) is 1. The molecule has 0 aliphatic heterocycles. The van der Waals surface area contributed by atoms with Crippen LogP contribution in [0.2, 0.25) is 0 Å². The van der Waals surface area contributed by atoms with Gasteiger partial charge < -0.3 is 14.7 Å². The number of hydrogen-bond donors (Lipinski definition) is 1. The Balaban J connectivity index is 1.90. The predicted octanol–water partition coefficient (Wildman–Crippen LogP) is 3.64. The first-order valence-corrected chi connectivity index (χ1v) is 9.03. The first-order valence-electron chi connectivity index (χ1n) is 9.03. The van der Waals surface area contributed by atoms with E-state index in [4.69, 9.17) is 4.74 Å².